The number of nitrogens with one attached hydrogen (secondary N) is 1. The van der Waals surface area contributed by atoms with Crippen LogP contribution in [0.15, 0.2) is 0 Å². The Bertz CT molecular complexity index is 330. The summed E-state index contributed by atoms with van der Waals surface area (Å²) in [6, 6.07) is 1.58. The van der Waals surface area contributed by atoms with Crippen molar-refractivity contribution in [1.82, 2.24) is 10.2 Å². The zero-order valence-electron chi connectivity index (χ0n) is 15.4. The van der Waals surface area contributed by atoms with Gasteiger partial charge in [0.2, 0.25) is 0 Å². The number of amides is 1. The van der Waals surface area contributed by atoms with Gasteiger partial charge in [-0.15, -0.1) is 0 Å². The van der Waals surface area contributed by atoms with Gasteiger partial charge >= 0.3 is 6.09 Å². The maximum Gasteiger partial charge on any atom is 0.410 e. The Balaban J connectivity index is 2.39. The molecule has 0 saturated heterocycles. The molecule has 4 heteroatoms. The molecule has 4 nitrogen and oxygen atoms in total. The average molecular weight is 312 g/mol. The Labute approximate surface area is 137 Å². The second-order valence-corrected chi connectivity index (χ2v) is 7.66. The second-order valence-electron chi connectivity index (χ2n) is 7.66. The fourth-order valence-corrected chi connectivity index (χ4v) is 3.20. The first-order valence-electron chi connectivity index (χ1n) is 8.98. The third-order valence-corrected chi connectivity index (χ3v) is 4.53. The van der Waals surface area contributed by atoms with Gasteiger partial charge in [-0.25, -0.2) is 4.79 Å². The number of carbonyl (C=O) groups is 1. The molecule has 0 aromatic carbocycles. The zero-order valence-corrected chi connectivity index (χ0v) is 15.4. The van der Waals surface area contributed by atoms with E-state index in [9.17, 15) is 4.79 Å². The molecule has 0 aliphatic heterocycles. The van der Waals surface area contributed by atoms with E-state index in [1.165, 1.54) is 19.3 Å². The van der Waals surface area contributed by atoms with Gasteiger partial charge in [-0.2, -0.15) is 0 Å². The van der Waals surface area contributed by atoms with E-state index in [0.29, 0.717) is 18.1 Å². The minimum atomic E-state index is -0.418. The molecule has 0 aromatic rings. The number of ether oxygens (including phenoxy) is 1. The Morgan fingerprint density at radius 2 is 1.82 bits per heavy atom. The second kappa shape index (κ2) is 8.76. The maximum absolute atomic E-state index is 12.1. The fraction of sp³-hybridized carbons (Fsp3) is 0.944. The van der Waals surface area contributed by atoms with E-state index in [1.807, 2.05) is 27.8 Å². The molecule has 1 N–H and O–H groups in total. The van der Waals surface area contributed by atoms with Crippen LogP contribution in [0.3, 0.4) is 0 Å². The van der Waals surface area contributed by atoms with Gasteiger partial charge in [0.05, 0.1) is 0 Å². The third-order valence-electron chi connectivity index (χ3n) is 4.53. The van der Waals surface area contributed by atoms with Crippen LogP contribution in [0, 0.1) is 0 Å². The first kappa shape index (κ1) is 19.3. The van der Waals surface area contributed by atoms with Crippen molar-refractivity contribution in [2.45, 2.75) is 103 Å². The highest BCUT2D eigenvalue weighted by atomic mass is 16.6. The van der Waals surface area contributed by atoms with Crippen LogP contribution in [-0.2, 0) is 4.74 Å². The molecule has 1 amide bonds. The lowest BCUT2D eigenvalue weighted by Crippen LogP contribution is -2.46. The molecule has 0 spiro atoms. The lowest BCUT2D eigenvalue weighted by atomic mass is 9.89. The predicted octanol–water partition coefficient (Wildman–Crippen LogP) is 4.33. The molecule has 1 saturated carbocycles. The van der Waals surface area contributed by atoms with E-state index >= 15 is 0 Å². The molecule has 1 aliphatic carbocycles. The van der Waals surface area contributed by atoms with Crippen molar-refractivity contribution in [2.75, 3.05) is 7.05 Å². The Morgan fingerprint density at radius 1 is 1.23 bits per heavy atom. The number of rotatable bonds is 6. The fourth-order valence-electron chi connectivity index (χ4n) is 3.20. The summed E-state index contributed by atoms with van der Waals surface area (Å²) in [4.78, 5) is 13.9. The summed E-state index contributed by atoms with van der Waals surface area (Å²) in [5, 5.41) is 3.80. The van der Waals surface area contributed by atoms with E-state index in [4.69, 9.17) is 4.74 Å². The maximum atomic E-state index is 12.1. The van der Waals surface area contributed by atoms with Crippen molar-refractivity contribution in [3.8, 4) is 0 Å². The number of nitrogens with zero attached hydrogens (tertiary/aromatic N) is 1. The predicted molar refractivity (Wildman–Crippen MR) is 92.2 cm³/mol. The SMILES string of the molecule is CCCC(CC)NC1CCC(N(C)C(=O)OC(C)(C)C)CC1. The van der Waals surface area contributed by atoms with Crippen LogP contribution in [0.5, 0.6) is 0 Å². The van der Waals surface area contributed by atoms with Crippen LogP contribution in [0.2, 0.25) is 0 Å². The quantitative estimate of drug-likeness (QED) is 0.793. The van der Waals surface area contributed by atoms with Crippen LogP contribution in [0.1, 0.15) is 79.6 Å². The van der Waals surface area contributed by atoms with Crippen molar-refractivity contribution in [2.24, 2.45) is 0 Å². The highest BCUT2D eigenvalue weighted by Gasteiger charge is 2.29. The lowest BCUT2D eigenvalue weighted by Gasteiger charge is -2.37. The molecule has 1 atom stereocenters. The largest absolute Gasteiger partial charge is 0.444 e. The molecule has 0 radical (unpaired) electrons. The van der Waals surface area contributed by atoms with Crippen molar-refractivity contribution in [1.29, 1.82) is 0 Å². The first-order valence-corrected chi connectivity index (χ1v) is 8.98. The average Bonchev–Trinajstić information content (AvgIpc) is 2.45. The van der Waals surface area contributed by atoms with E-state index in [2.05, 4.69) is 19.2 Å². The molecule has 1 rings (SSSR count). The Kier molecular flexibility index (Phi) is 7.67. The standard InChI is InChI=1S/C18H36N2O2/c1-7-9-14(8-2)19-15-10-12-16(13-11-15)20(6)17(21)22-18(3,4)5/h14-16,19H,7-13H2,1-6H3. The van der Waals surface area contributed by atoms with Gasteiger partial charge in [-0.3, -0.25) is 0 Å². The molecule has 0 bridgehead atoms. The topological polar surface area (TPSA) is 41.6 Å². The number of hydrogen-bond donors (Lipinski definition) is 1. The molecule has 130 valence electrons. The third kappa shape index (κ3) is 6.55. The van der Waals surface area contributed by atoms with Crippen molar-refractivity contribution in [3.05, 3.63) is 0 Å². The number of carbonyl (C=O) groups excluding carboxylic acids is 1. The minimum absolute atomic E-state index is 0.193. The van der Waals surface area contributed by atoms with Crippen LogP contribution in [-0.4, -0.2) is 41.8 Å². The van der Waals surface area contributed by atoms with Gasteiger partial charge in [0.25, 0.3) is 0 Å². The van der Waals surface area contributed by atoms with Crippen molar-refractivity contribution in [3.63, 3.8) is 0 Å². The first-order chi connectivity index (χ1) is 10.3. The van der Waals surface area contributed by atoms with E-state index < -0.39 is 5.60 Å². The molecule has 1 unspecified atom stereocenters. The zero-order chi connectivity index (χ0) is 16.8. The Hall–Kier alpha value is -0.770. The lowest BCUT2D eigenvalue weighted by molar-refractivity contribution is 0.0177. The highest BCUT2D eigenvalue weighted by molar-refractivity contribution is 5.68. The van der Waals surface area contributed by atoms with Crippen LogP contribution in [0.25, 0.3) is 0 Å². The normalized spacial score (nSPS) is 23.9. The van der Waals surface area contributed by atoms with Crippen molar-refractivity contribution < 1.29 is 9.53 Å². The summed E-state index contributed by atoms with van der Waals surface area (Å²) in [6.45, 7) is 10.3. The molecule has 0 aromatic heterocycles. The summed E-state index contributed by atoms with van der Waals surface area (Å²) in [7, 11) is 1.87. The summed E-state index contributed by atoms with van der Waals surface area (Å²) >= 11 is 0. The molecule has 0 heterocycles. The Morgan fingerprint density at radius 3 is 2.27 bits per heavy atom. The summed E-state index contributed by atoms with van der Waals surface area (Å²) < 4.78 is 5.46. The molecule has 1 aliphatic rings. The van der Waals surface area contributed by atoms with Crippen LogP contribution in [0.4, 0.5) is 4.79 Å². The van der Waals surface area contributed by atoms with Gasteiger partial charge in [-0.05, 0) is 59.3 Å². The smallest absolute Gasteiger partial charge is 0.410 e. The molecule has 1 fully saturated rings. The van der Waals surface area contributed by atoms with Gasteiger partial charge in [0.1, 0.15) is 5.60 Å². The summed E-state index contributed by atoms with van der Waals surface area (Å²) in [6.07, 6.45) is 7.94. The van der Waals surface area contributed by atoms with Gasteiger partial charge in [0, 0.05) is 25.2 Å². The van der Waals surface area contributed by atoms with E-state index in [-0.39, 0.29) is 6.09 Å². The molecule has 22 heavy (non-hydrogen) atoms. The number of hydrogen-bond acceptors (Lipinski definition) is 3. The van der Waals surface area contributed by atoms with Gasteiger partial charge < -0.3 is 15.0 Å². The monoisotopic (exact) mass is 312 g/mol. The summed E-state index contributed by atoms with van der Waals surface area (Å²) in [5.41, 5.74) is -0.418. The van der Waals surface area contributed by atoms with Gasteiger partial charge in [0.15, 0.2) is 0 Å². The summed E-state index contributed by atoms with van der Waals surface area (Å²) in [5.74, 6) is 0. The van der Waals surface area contributed by atoms with Gasteiger partial charge in [-0.1, -0.05) is 20.3 Å². The molecular weight excluding hydrogens is 276 g/mol. The van der Waals surface area contributed by atoms with Crippen LogP contribution < -0.4 is 5.32 Å². The van der Waals surface area contributed by atoms with E-state index in [0.717, 1.165) is 25.7 Å². The van der Waals surface area contributed by atoms with Crippen LogP contribution >= 0.6 is 0 Å². The van der Waals surface area contributed by atoms with Crippen molar-refractivity contribution >= 4 is 6.09 Å². The van der Waals surface area contributed by atoms with E-state index in [1.54, 1.807) is 4.90 Å². The molecular formula is C18H36N2O2. The highest BCUT2D eigenvalue weighted by Crippen LogP contribution is 2.24. The minimum Gasteiger partial charge on any atom is -0.444 e.